The maximum Gasteiger partial charge on any atom is 0.524 e. The van der Waals surface area contributed by atoms with Crippen LogP contribution in [0.5, 0.6) is 0 Å². The van der Waals surface area contributed by atoms with E-state index in [-0.39, 0.29) is 4.90 Å². The fourth-order valence-corrected chi connectivity index (χ4v) is 1.62. The summed E-state index contributed by atoms with van der Waals surface area (Å²) < 4.78 is 30.8. The van der Waals surface area contributed by atoms with Crippen molar-refractivity contribution in [2.75, 3.05) is 12.8 Å². The standard InChI is InChI=1S/C8H9NO5S/c1-13-8(10)14-15(11,12)7-4-2-6(9)3-5-7/h2-5H,9H2,1H3. The van der Waals surface area contributed by atoms with Crippen LogP contribution in [-0.2, 0) is 19.0 Å². The number of benzene rings is 1. The molecule has 0 aliphatic rings. The molecule has 0 aromatic heterocycles. The lowest BCUT2D eigenvalue weighted by molar-refractivity contribution is 0.124. The van der Waals surface area contributed by atoms with Crippen molar-refractivity contribution in [2.24, 2.45) is 0 Å². The highest BCUT2D eigenvalue weighted by atomic mass is 32.2. The first kappa shape index (κ1) is 11.3. The molecular weight excluding hydrogens is 222 g/mol. The van der Waals surface area contributed by atoms with E-state index in [1.807, 2.05) is 0 Å². The van der Waals surface area contributed by atoms with E-state index in [9.17, 15) is 13.2 Å². The molecule has 0 amide bonds. The van der Waals surface area contributed by atoms with Gasteiger partial charge in [0.05, 0.1) is 7.11 Å². The van der Waals surface area contributed by atoms with Gasteiger partial charge in [-0.05, 0) is 24.3 Å². The van der Waals surface area contributed by atoms with E-state index in [0.717, 1.165) is 7.11 Å². The minimum Gasteiger partial charge on any atom is -0.437 e. The van der Waals surface area contributed by atoms with E-state index >= 15 is 0 Å². The average molecular weight is 231 g/mol. The summed E-state index contributed by atoms with van der Waals surface area (Å²) in [5.41, 5.74) is 5.78. The van der Waals surface area contributed by atoms with E-state index in [4.69, 9.17) is 5.73 Å². The first-order chi connectivity index (χ1) is 6.95. The molecule has 1 rings (SSSR count). The van der Waals surface area contributed by atoms with Crippen molar-refractivity contribution in [3.05, 3.63) is 24.3 Å². The lowest BCUT2D eigenvalue weighted by Crippen LogP contribution is -2.13. The third-order valence-corrected chi connectivity index (χ3v) is 2.72. The summed E-state index contributed by atoms with van der Waals surface area (Å²) in [5, 5.41) is 0. The van der Waals surface area contributed by atoms with Gasteiger partial charge in [0.2, 0.25) is 0 Å². The monoisotopic (exact) mass is 231 g/mol. The highest BCUT2D eigenvalue weighted by molar-refractivity contribution is 7.87. The second-order valence-electron chi connectivity index (χ2n) is 2.56. The van der Waals surface area contributed by atoms with Crippen molar-refractivity contribution in [2.45, 2.75) is 4.90 Å². The number of carbonyl (C=O) groups is 1. The summed E-state index contributed by atoms with van der Waals surface area (Å²) in [4.78, 5) is 10.5. The van der Waals surface area contributed by atoms with Crippen molar-refractivity contribution in [3.8, 4) is 0 Å². The van der Waals surface area contributed by atoms with Crippen molar-refractivity contribution in [3.63, 3.8) is 0 Å². The summed E-state index contributed by atoms with van der Waals surface area (Å²) in [5.74, 6) is 0. The van der Waals surface area contributed by atoms with E-state index in [1.54, 1.807) is 0 Å². The highest BCUT2D eigenvalue weighted by Crippen LogP contribution is 2.14. The van der Waals surface area contributed by atoms with Crippen LogP contribution in [0.1, 0.15) is 0 Å². The van der Waals surface area contributed by atoms with E-state index in [2.05, 4.69) is 8.92 Å². The van der Waals surface area contributed by atoms with Gasteiger partial charge in [-0.1, -0.05) is 0 Å². The molecule has 82 valence electrons. The minimum atomic E-state index is -4.12. The number of nitrogens with two attached hydrogens (primary N) is 1. The zero-order valence-electron chi connectivity index (χ0n) is 7.84. The summed E-state index contributed by atoms with van der Waals surface area (Å²) in [6.45, 7) is 0. The van der Waals surface area contributed by atoms with Crippen LogP contribution < -0.4 is 5.73 Å². The lowest BCUT2D eigenvalue weighted by Gasteiger charge is -2.03. The second-order valence-corrected chi connectivity index (χ2v) is 4.11. The Morgan fingerprint density at radius 2 is 1.80 bits per heavy atom. The molecule has 6 nitrogen and oxygen atoms in total. The molecule has 0 radical (unpaired) electrons. The van der Waals surface area contributed by atoms with Crippen LogP contribution in [0.3, 0.4) is 0 Å². The van der Waals surface area contributed by atoms with Crippen molar-refractivity contribution < 1.29 is 22.1 Å². The Morgan fingerprint density at radius 1 is 1.27 bits per heavy atom. The van der Waals surface area contributed by atoms with Gasteiger partial charge < -0.3 is 14.7 Å². The van der Waals surface area contributed by atoms with Gasteiger partial charge in [0.1, 0.15) is 4.90 Å². The normalized spacial score (nSPS) is 10.7. The predicted octanol–water partition coefficient (Wildman–Crippen LogP) is 0.741. The molecule has 0 aliphatic carbocycles. The first-order valence-corrected chi connectivity index (χ1v) is 5.24. The van der Waals surface area contributed by atoms with Crippen LogP contribution in [0.15, 0.2) is 29.2 Å². The molecule has 0 bridgehead atoms. The third kappa shape index (κ3) is 2.84. The smallest absolute Gasteiger partial charge is 0.437 e. The molecule has 2 N–H and O–H groups in total. The maximum atomic E-state index is 11.3. The molecule has 15 heavy (non-hydrogen) atoms. The number of nitrogen functional groups attached to an aromatic ring is 1. The number of anilines is 1. The van der Waals surface area contributed by atoms with Gasteiger partial charge in [-0.25, -0.2) is 4.79 Å². The zero-order chi connectivity index (χ0) is 11.5. The van der Waals surface area contributed by atoms with Crippen LogP contribution in [0, 0.1) is 0 Å². The van der Waals surface area contributed by atoms with Crippen LogP contribution in [0.4, 0.5) is 10.5 Å². The van der Waals surface area contributed by atoms with Gasteiger partial charge in [-0.3, -0.25) is 0 Å². The second kappa shape index (κ2) is 4.18. The Kier molecular flexibility index (Phi) is 3.15. The Morgan fingerprint density at radius 3 is 2.27 bits per heavy atom. The molecular formula is C8H9NO5S. The van der Waals surface area contributed by atoms with Gasteiger partial charge in [-0.15, -0.1) is 0 Å². The van der Waals surface area contributed by atoms with Crippen molar-refractivity contribution >= 4 is 22.0 Å². The topological polar surface area (TPSA) is 95.7 Å². The molecule has 7 heteroatoms. The number of methoxy groups -OCH3 is 1. The van der Waals surface area contributed by atoms with Crippen LogP contribution in [-0.4, -0.2) is 21.7 Å². The number of carbonyl (C=O) groups excluding carboxylic acids is 1. The Balaban J connectivity index is 2.96. The summed E-state index contributed by atoms with van der Waals surface area (Å²) in [6.07, 6.45) is -1.29. The Hall–Kier alpha value is -1.76. The molecule has 0 fully saturated rings. The van der Waals surface area contributed by atoms with Crippen molar-refractivity contribution in [1.82, 2.24) is 0 Å². The largest absolute Gasteiger partial charge is 0.524 e. The molecule has 0 atom stereocenters. The number of ether oxygens (including phenoxy) is 1. The quantitative estimate of drug-likeness (QED) is 0.458. The SMILES string of the molecule is COC(=O)OS(=O)(=O)c1ccc(N)cc1. The average Bonchev–Trinajstić information content (AvgIpc) is 2.17. The number of rotatable bonds is 2. The van der Waals surface area contributed by atoms with Gasteiger partial charge >= 0.3 is 16.3 Å². The maximum absolute atomic E-state index is 11.3. The fourth-order valence-electron chi connectivity index (χ4n) is 0.806. The Labute approximate surface area is 86.7 Å². The summed E-state index contributed by atoms with van der Waals surface area (Å²) in [6, 6.07) is 5.22. The lowest BCUT2D eigenvalue weighted by atomic mass is 10.3. The minimum absolute atomic E-state index is 0.165. The number of hydrogen-bond donors (Lipinski definition) is 1. The van der Waals surface area contributed by atoms with E-state index in [0.29, 0.717) is 5.69 Å². The molecule has 0 saturated heterocycles. The van der Waals surface area contributed by atoms with Crippen LogP contribution in [0.2, 0.25) is 0 Å². The first-order valence-electron chi connectivity index (χ1n) is 3.83. The van der Waals surface area contributed by atoms with Gasteiger partial charge in [0, 0.05) is 5.69 Å². The van der Waals surface area contributed by atoms with Gasteiger partial charge in [0.15, 0.2) is 0 Å². The molecule has 0 saturated carbocycles. The van der Waals surface area contributed by atoms with E-state index in [1.165, 1.54) is 24.3 Å². The molecule has 0 unspecified atom stereocenters. The Bertz CT molecular complexity index is 450. The van der Waals surface area contributed by atoms with Crippen LogP contribution >= 0.6 is 0 Å². The van der Waals surface area contributed by atoms with Crippen LogP contribution in [0.25, 0.3) is 0 Å². The summed E-state index contributed by atoms with van der Waals surface area (Å²) >= 11 is 0. The molecule has 0 spiro atoms. The third-order valence-electron chi connectivity index (χ3n) is 1.51. The van der Waals surface area contributed by atoms with Gasteiger partial charge in [-0.2, -0.15) is 8.42 Å². The van der Waals surface area contributed by atoms with Crippen molar-refractivity contribution in [1.29, 1.82) is 0 Å². The van der Waals surface area contributed by atoms with Gasteiger partial charge in [0.25, 0.3) is 0 Å². The highest BCUT2D eigenvalue weighted by Gasteiger charge is 2.20. The molecule has 1 aromatic carbocycles. The molecule has 1 aromatic rings. The fraction of sp³-hybridized carbons (Fsp3) is 0.125. The van der Waals surface area contributed by atoms with E-state index < -0.39 is 16.3 Å². The molecule has 0 aliphatic heterocycles. The zero-order valence-corrected chi connectivity index (χ0v) is 8.65. The molecule has 0 heterocycles. The summed E-state index contributed by atoms with van der Waals surface area (Å²) in [7, 11) is -3.10. The predicted molar refractivity (Wildman–Crippen MR) is 51.5 cm³/mol. The number of hydrogen-bond acceptors (Lipinski definition) is 6.